The van der Waals surface area contributed by atoms with Crippen molar-refractivity contribution < 1.29 is 8.42 Å². The van der Waals surface area contributed by atoms with Gasteiger partial charge in [0.05, 0.1) is 5.25 Å². The van der Waals surface area contributed by atoms with Gasteiger partial charge in [-0.05, 0) is 31.2 Å². The molecule has 3 atom stereocenters. The Bertz CT molecular complexity index is 261. The molecular weight excluding hydrogens is 186 g/mol. The molecule has 0 saturated heterocycles. The van der Waals surface area contributed by atoms with Gasteiger partial charge < -0.3 is 5.73 Å². The Morgan fingerprint density at radius 1 is 1.38 bits per heavy atom. The average molecular weight is 205 g/mol. The van der Waals surface area contributed by atoms with E-state index < -0.39 is 9.84 Å². The van der Waals surface area contributed by atoms with Gasteiger partial charge in [0.2, 0.25) is 0 Å². The Hall–Kier alpha value is -0.0900. The van der Waals surface area contributed by atoms with Crippen LogP contribution in [0.1, 0.15) is 26.7 Å². The van der Waals surface area contributed by atoms with Crippen LogP contribution in [0.2, 0.25) is 0 Å². The van der Waals surface area contributed by atoms with E-state index in [1.54, 1.807) is 6.92 Å². The highest BCUT2D eigenvalue weighted by Gasteiger charge is 2.36. The summed E-state index contributed by atoms with van der Waals surface area (Å²) in [6, 6.07) is 0. The molecule has 13 heavy (non-hydrogen) atoms. The lowest BCUT2D eigenvalue weighted by molar-refractivity contribution is 0.429. The molecule has 0 aromatic rings. The first-order valence-corrected chi connectivity index (χ1v) is 6.64. The summed E-state index contributed by atoms with van der Waals surface area (Å²) in [5.41, 5.74) is 5.58. The highest BCUT2D eigenvalue weighted by Crippen LogP contribution is 2.34. The fourth-order valence-corrected chi connectivity index (χ4v) is 3.74. The lowest BCUT2D eigenvalue weighted by atomic mass is 9.99. The van der Waals surface area contributed by atoms with Gasteiger partial charge in [-0.3, -0.25) is 0 Å². The lowest BCUT2D eigenvalue weighted by Gasteiger charge is -2.10. The van der Waals surface area contributed by atoms with E-state index in [0.29, 0.717) is 18.4 Å². The maximum Gasteiger partial charge on any atom is 0.152 e. The van der Waals surface area contributed by atoms with E-state index in [4.69, 9.17) is 5.73 Å². The maximum absolute atomic E-state index is 11.6. The Morgan fingerprint density at radius 2 is 2.00 bits per heavy atom. The number of nitrogens with two attached hydrogens (primary N) is 1. The third-order valence-corrected chi connectivity index (χ3v) is 5.42. The Kier molecular flexibility index (Phi) is 3.35. The summed E-state index contributed by atoms with van der Waals surface area (Å²) in [5.74, 6) is 1.14. The summed E-state index contributed by atoms with van der Waals surface area (Å²) in [7, 11) is -2.83. The highest BCUT2D eigenvalue weighted by molar-refractivity contribution is 7.92. The minimum absolute atomic E-state index is 0.124. The maximum atomic E-state index is 11.6. The van der Waals surface area contributed by atoms with Gasteiger partial charge in [-0.2, -0.15) is 0 Å². The van der Waals surface area contributed by atoms with Crippen molar-refractivity contribution in [3.63, 3.8) is 0 Å². The zero-order chi connectivity index (χ0) is 10.1. The van der Waals surface area contributed by atoms with Crippen LogP contribution < -0.4 is 5.73 Å². The molecule has 0 heterocycles. The number of hydrogen-bond acceptors (Lipinski definition) is 3. The van der Waals surface area contributed by atoms with Gasteiger partial charge in [-0.15, -0.1) is 0 Å². The largest absolute Gasteiger partial charge is 0.330 e. The first kappa shape index (κ1) is 11.0. The Morgan fingerprint density at radius 3 is 2.38 bits per heavy atom. The first-order valence-electron chi connectivity index (χ1n) is 4.92. The summed E-state index contributed by atoms with van der Waals surface area (Å²) >= 11 is 0. The van der Waals surface area contributed by atoms with Crippen LogP contribution in [0.5, 0.6) is 0 Å². The first-order chi connectivity index (χ1) is 6.01. The van der Waals surface area contributed by atoms with E-state index in [0.717, 1.165) is 12.8 Å². The van der Waals surface area contributed by atoms with Crippen LogP contribution in [0, 0.1) is 11.8 Å². The molecule has 1 rings (SSSR count). The fourth-order valence-electron chi connectivity index (χ4n) is 2.13. The van der Waals surface area contributed by atoms with Crippen LogP contribution in [-0.4, -0.2) is 26.0 Å². The van der Waals surface area contributed by atoms with Crippen LogP contribution in [0.3, 0.4) is 0 Å². The second-order valence-corrected chi connectivity index (χ2v) is 6.59. The Labute approximate surface area is 80.6 Å². The number of sulfone groups is 1. The minimum Gasteiger partial charge on any atom is -0.330 e. The van der Waals surface area contributed by atoms with E-state index in [2.05, 4.69) is 6.92 Å². The topological polar surface area (TPSA) is 60.2 Å². The van der Waals surface area contributed by atoms with Crippen molar-refractivity contribution in [3.05, 3.63) is 0 Å². The molecule has 4 heteroatoms. The molecule has 1 aliphatic rings. The summed E-state index contributed by atoms with van der Waals surface area (Å²) in [4.78, 5) is 0. The van der Waals surface area contributed by atoms with Crippen LogP contribution in [-0.2, 0) is 9.84 Å². The standard InChI is InChI=1S/C9H19NO2S/c1-3-13(11,12)9-4-7(2)8(5-9)6-10/h7-9H,3-6,10H2,1-2H3/t7-,8+,9-/m0/s1. The van der Waals surface area contributed by atoms with Crippen molar-refractivity contribution in [1.29, 1.82) is 0 Å². The smallest absolute Gasteiger partial charge is 0.152 e. The average Bonchev–Trinajstić information content (AvgIpc) is 2.47. The van der Waals surface area contributed by atoms with Gasteiger partial charge in [-0.1, -0.05) is 13.8 Å². The van der Waals surface area contributed by atoms with Crippen LogP contribution in [0.4, 0.5) is 0 Å². The van der Waals surface area contributed by atoms with Crippen molar-refractivity contribution in [1.82, 2.24) is 0 Å². The van der Waals surface area contributed by atoms with E-state index in [1.165, 1.54) is 0 Å². The van der Waals surface area contributed by atoms with E-state index in [9.17, 15) is 8.42 Å². The molecule has 3 nitrogen and oxygen atoms in total. The zero-order valence-electron chi connectivity index (χ0n) is 8.36. The third kappa shape index (κ3) is 2.23. The predicted molar refractivity (Wildman–Crippen MR) is 54.2 cm³/mol. The molecule has 0 spiro atoms. The molecule has 0 aromatic carbocycles. The molecular formula is C9H19NO2S. The van der Waals surface area contributed by atoms with E-state index in [1.807, 2.05) is 0 Å². The minimum atomic E-state index is -2.83. The molecule has 0 amide bonds. The summed E-state index contributed by atoms with van der Waals surface area (Å²) in [6.45, 7) is 4.44. The monoisotopic (exact) mass is 205 g/mol. The van der Waals surface area contributed by atoms with Gasteiger partial charge >= 0.3 is 0 Å². The number of hydrogen-bond donors (Lipinski definition) is 1. The van der Waals surface area contributed by atoms with E-state index in [-0.39, 0.29) is 11.0 Å². The quantitative estimate of drug-likeness (QED) is 0.741. The molecule has 0 unspecified atom stereocenters. The lowest BCUT2D eigenvalue weighted by Crippen LogP contribution is -2.21. The number of rotatable bonds is 3. The van der Waals surface area contributed by atoms with Crippen LogP contribution >= 0.6 is 0 Å². The van der Waals surface area contributed by atoms with Crippen molar-refractivity contribution in [3.8, 4) is 0 Å². The Balaban J connectivity index is 2.68. The van der Waals surface area contributed by atoms with Crippen molar-refractivity contribution in [2.45, 2.75) is 31.9 Å². The summed E-state index contributed by atoms with van der Waals surface area (Å²) in [6.07, 6.45) is 1.58. The van der Waals surface area contributed by atoms with Gasteiger partial charge in [0.25, 0.3) is 0 Å². The second kappa shape index (κ2) is 3.96. The second-order valence-electron chi connectivity index (χ2n) is 4.02. The molecule has 0 bridgehead atoms. The van der Waals surface area contributed by atoms with Crippen molar-refractivity contribution >= 4 is 9.84 Å². The van der Waals surface area contributed by atoms with Crippen LogP contribution in [0.25, 0.3) is 0 Å². The SMILES string of the molecule is CCS(=O)(=O)[C@@H]1C[C@H](CN)[C@@H](C)C1. The van der Waals surface area contributed by atoms with Crippen molar-refractivity contribution in [2.75, 3.05) is 12.3 Å². The molecule has 0 aliphatic heterocycles. The molecule has 2 N–H and O–H groups in total. The third-order valence-electron chi connectivity index (χ3n) is 3.22. The fraction of sp³-hybridized carbons (Fsp3) is 1.00. The van der Waals surface area contributed by atoms with Crippen molar-refractivity contribution in [2.24, 2.45) is 17.6 Å². The predicted octanol–water partition coefficient (Wildman–Crippen LogP) is 0.795. The van der Waals surface area contributed by atoms with Crippen LogP contribution in [0.15, 0.2) is 0 Å². The normalized spacial score (nSPS) is 35.2. The van der Waals surface area contributed by atoms with Gasteiger partial charge in [-0.25, -0.2) is 8.42 Å². The molecule has 1 fully saturated rings. The molecule has 1 aliphatic carbocycles. The molecule has 78 valence electrons. The molecule has 1 saturated carbocycles. The van der Waals surface area contributed by atoms with E-state index >= 15 is 0 Å². The van der Waals surface area contributed by atoms with Gasteiger partial charge in [0, 0.05) is 5.75 Å². The van der Waals surface area contributed by atoms with Gasteiger partial charge in [0.1, 0.15) is 0 Å². The zero-order valence-corrected chi connectivity index (χ0v) is 9.18. The summed E-state index contributed by atoms with van der Waals surface area (Å²) in [5, 5.41) is -0.124. The molecule has 0 aromatic heterocycles. The molecule has 0 radical (unpaired) electrons. The highest BCUT2D eigenvalue weighted by atomic mass is 32.2. The van der Waals surface area contributed by atoms with Gasteiger partial charge in [0.15, 0.2) is 9.84 Å². The summed E-state index contributed by atoms with van der Waals surface area (Å²) < 4.78 is 23.1.